The fourth-order valence-electron chi connectivity index (χ4n) is 2.41. The molecule has 1 aromatic carbocycles. The first kappa shape index (κ1) is 18.5. The van der Waals surface area contributed by atoms with Crippen LogP contribution < -0.4 is 5.32 Å². The third kappa shape index (κ3) is 8.47. The van der Waals surface area contributed by atoms with Crippen molar-refractivity contribution in [2.45, 2.75) is 69.2 Å². The Kier molecular flexibility index (Phi) is 10.6. The van der Waals surface area contributed by atoms with Crippen LogP contribution in [0.3, 0.4) is 0 Å². The molecule has 120 valence electrons. The monoisotopic (exact) mass is 311 g/mol. The van der Waals surface area contributed by atoms with E-state index in [1.807, 2.05) is 19.2 Å². The normalized spacial score (nSPS) is 12.5. The summed E-state index contributed by atoms with van der Waals surface area (Å²) in [4.78, 5) is 0.761. The van der Waals surface area contributed by atoms with Gasteiger partial charge in [0.05, 0.1) is 0 Å². The lowest BCUT2D eigenvalue weighted by molar-refractivity contribution is 0.511. The summed E-state index contributed by atoms with van der Waals surface area (Å²) >= 11 is 1.62. The van der Waals surface area contributed by atoms with E-state index >= 15 is 0 Å². The van der Waals surface area contributed by atoms with E-state index in [2.05, 4.69) is 12.2 Å². The minimum atomic E-state index is -0.103. The predicted molar refractivity (Wildman–Crippen MR) is 92.6 cm³/mol. The SMILES string of the molecule is CCCCCCCCCC(CSc1ccccc1F)NC. The van der Waals surface area contributed by atoms with Crippen molar-refractivity contribution in [3.63, 3.8) is 0 Å². The van der Waals surface area contributed by atoms with Gasteiger partial charge in [-0.15, -0.1) is 11.8 Å². The van der Waals surface area contributed by atoms with Crippen molar-refractivity contribution < 1.29 is 4.39 Å². The van der Waals surface area contributed by atoms with Crippen molar-refractivity contribution in [2.24, 2.45) is 0 Å². The van der Waals surface area contributed by atoms with Gasteiger partial charge in [-0.1, -0.05) is 64.0 Å². The molecule has 1 rings (SSSR count). The van der Waals surface area contributed by atoms with E-state index < -0.39 is 0 Å². The van der Waals surface area contributed by atoms with Gasteiger partial charge in [-0.2, -0.15) is 0 Å². The third-order valence-electron chi connectivity index (χ3n) is 3.84. The molecule has 0 fully saturated rings. The maximum Gasteiger partial charge on any atom is 0.136 e. The van der Waals surface area contributed by atoms with Gasteiger partial charge < -0.3 is 5.32 Å². The molecule has 0 saturated heterocycles. The number of rotatable bonds is 12. The zero-order valence-corrected chi connectivity index (χ0v) is 14.4. The quantitative estimate of drug-likeness (QED) is 0.395. The summed E-state index contributed by atoms with van der Waals surface area (Å²) in [6.45, 7) is 2.25. The Morgan fingerprint density at radius 3 is 2.38 bits per heavy atom. The summed E-state index contributed by atoms with van der Waals surface area (Å²) in [6.07, 6.45) is 10.6. The van der Waals surface area contributed by atoms with Gasteiger partial charge in [-0.05, 0) is 25.6 Å². The van der Waals surface area contributed by atoms with Crippen LogP contribution in [0, 0.1) is 5.82 Å². The van der Waals surface area contributed by atoms with Crippen LogP contribution in [0.15, 0.2) is 29.2 Å². The molecule has 0 aliphatic heterocycles. The van der Waals surface area contributed by atoms with E-state index in [1.54, 1.807) is 17.8 Å². The lowest BCUT2D eigenvalue weighted by Gasteiger charge is -2.15. The van der Waals surface area contributed by atoms with Gasteiger partial charge in [0.2, 0.25) is 0 Å². The van der Waals surface area contributed by atoms with Crippen LogP contribution in [0.5, 0.6) is 0 Å². The van der Waals surface area contributed by atoms with Gasteiger partial charge in [0.25, 0.3) is 0 Å². The van der Waals surface area contributed by atoms with Gasteiger partial charge in [-0.25, -0.2) is 4.39 Å². The molecule has 0 aromatic heterocycles. The second-order valence-electron chi connectivity index (χ2n) is 5.64. The molecule has 0 bridgehead atoms. The topological polar surface area (TPSA) is 12.0 Å². The highest BCUT2D eigenvalue weighted by atomic mass is 32.2. The van der Waals surface area contributed by atoms with E-state index in [9.17, 15) is 4.39 Å². The molecule has 1 aromatic rings. The first-order valence-corrected chi connectivity index (χ1v) is 9.31. The molecule has 0 radical (unpaired) electrons. The first-order chi connectivity index (χ1) is 10.3. The first-order valence-electron chi connectivity index (χ1n) is 8.32. The molecule has 0 heterocycles. The predicted octanol–water partition coefficient (Wildman–Crippen LogP) is 5.65. The molecular weight excluding hydrogens is 281 g/mol. The van der Waals surface area contributed by atoms with Crippen LogP contribution >= 0.6 is 11.8 Å². The average molecular weight is 312 g/mol. The van der Waals surface area contributed by atoms with Crippen LogP contribution in [-0.4, -0.2) is 18.8 Å². The van der Waals surface area contributed by atoms with Crippen LogP contribution in [0.1, 0.15) is 58.3 Å². The molecule has 0 aliphatic carbocycles. The van der Waals surface area contributed by atoms with Crippen molar-refractivity contribution >= 4 is 11.8 Å². The Labute approximate surface area is 134 Å². The second kappa shape index (κ2) is 12.0. The van der Waals surface area contributed by atoms with Crippen molar-refractivity contribution in [1.29, 1.82) is 0 Å². The number of thioether (sulfide) groups is 1. The summed E-state index contributed by atoms with van der Waals surface area (Å²) < 4.78 is 13.6. The third-order valence-corrected chi connectivity index (χ3v) is 5.05. The Morgan fingerprint density at radius 1 is 1.05 bits per heavy atom. The molecule has 1 atom stereocenters. The number of hydrogen-bond acceptors (Lipinski definition) is 2. The Balaban J connectivity index is 2.13. The summed E-state index contributed by atoms with van der Waals surface area (Å²) in [7, 11) is 2.01. The number of unbranched alkanes of at least 4 members (excludes halogenated alkanes) is 6. The summed E-state index contributed by atoms with van der Waals surface area (Å²) in [5.74, 6) is 0.834. The molecule has 0 saturated carbocycles. The van der Waals surface area contributed by atoms with Crippen LogP contribution in [-0.2, 0) is 0 Å². The van der Waals surface area contributed by atoms with Gasteiger partial charge in [0, 0.05) is 16.7 Å². The van der Waals surface area contributed by atoms with Gasteiger partial charge >= 0.3 is 0 Å². The fraction of sp³-hybridized carbons (Fsp3) is 0.667. The second-order valence-corrected chi connectivity index (χ2v) is 6.70. The summed E-state index contributed by atoms with van der Waals surface area (Å²) in [5.41, 5.74) is 0. The standard InChI is InChI=1S/C18H30FNS/c1-3-4-5-6-7-8-9-12-16(20-2)15-21-18-14-11-10-13-17(18)19/h10-11,13-14,16,20H,3-9,12,15H2,1-2H3. The molecule has 0 spiro atoms. The Hall–Kier alpha value is -0.540. The van der Waals surface area contributed by atoms with Crippen molar-refractivity contribution in [3.05, 3.63) is 30.1 Å². The lowest BCUT2D eigenvalue weighted by Crippen LogP contribution is -2.27. The van der Waals surface area contributed by atoms with E-state index in [0.717, 1.165) is 10.6 Å². The number of benzene rings is 1. The zero-order valence-electron chi connectivity index (χ0n) is 13.5. The fourth-order valence-corrected chi connectivity index (χ4v) is 3.51. The number of nitrogens with one attached hydrogen (secondary N) is 1. The molecule has 0 aliphatic rings. The molecule has 1 nitrogen and oxygen atoms in total. The largest absolute Gasteiger partial charge is 0.316 e. The summed E-state index contributed by atoms with van der Waals surface area (Å²) in [5, 5.41) is 3.36. The van der Waals surface area contributed by atoms with Crippen LogP contribution in [0.25, 0.3) is 0 Å². The van der Waals surface area contributed by atoms with Gasteiger partial charge in [-0.3, -0.25) is 0 Å². The Bertz CT molecular complexity index is 370. The number of hydrogen-bond donors (Lipinski definition) is 1. The smallest absolute Gasteiger partial charge is 0.136 e. The van der Waals surface area contributed by atoms with Gasteiger partial charge in [0.1, 0.15) is 5.82 Å². The van der Waals surface area contributed by atoms with Crippen molar-refractivity contribution in [3.8, 4) is 0 Å². The molecule has 21 heavy (non-hydrogen) atoms. The highest BCUT2D eigenvalue weighted by Gasteiger charge is 2.08. The zero-order chi connectivity index (χ0) is 15.3. The highest BCUT2D eigenvalue weighted by Crippen LogP contribution is 2.23. The molecular formula is C18H30FNS. The van der Waals surface area contributed by atoms with Crippen LogP contribution in [0.2, 0.25) is 0 Å². The van der Waals surface area contributed by atoms with E-state index in [1.165, 1.54) is 57.4 Å². The molecule has 1 N–H and O–H groups in total. The van der Waals surface area contributed by atoms with Gasteiger partial charge in [0.15, 0.2) is 0 Å². The number of halogens is 1. The average Bonchev–Trinajstić information content (AvgIpc) is 2.51. The van der Waals surface area contributed by atoms with Crippen molar-refractivity contribution in [1.82, 2.24) is 5.32 Å². The van der Waals surface area contributed by atoms with Crippen LogP contribution in [0.4, 0.5) is 4.39 Å². The molecule has 0 amide bonds. The highest BCUT2D eigenvalue weighted by molar-refractivity contribution is 7.99. The minimum Gasteiger partial charge on any atom is -0.316 e. The van der Waals surface area contributed by atoms with Crippen molar-refractivity contribution in [2.75, 3.05) is 12.8 Å². The lowest BCUT2D eigenvalue weighted by atomic mass is 10.1. The van der Waals surface area contributed by atoms with E-state index in [-0.39, 0.29) is 5.82 Å². The maximum atomic E-state index is 13.6. The van der Waals surface area contributed by atoms with E-state index in [4.69, 9.17) is 0 Å². The maximum absolute atomic E-state index is 13.6. The minimum absolute atomic E-state index is 0.103. The molecule has 3 heteroatoms. The Morgan fingerprint density at radius 2 is 1.71 bits per heavy atom. The van der Waals surface area contributed by atoms with E-state index in [0.29, 0.717) is 6.04 Å². The summed E-state index contributed by atoms with van der Waals surface area (Å²) in [6, 6.07) is 7.52. The molecule has 1 unspecified atom stereocenters.